The van der Waals surface area contributed by atoms with Gasteiger partial charge in [-0.1, -0.05) is 0 Å². The maximum Gasteiger partial charge on any atom is 0.410 e. The molecule has 1 saturated heterocycles. The van der Waals surface area contributed by atoms with E-state index in [1.165, 1.54) is 4.90 Å². The molecule has 0 aromatic rings. The van der Waals surface area contributed by atoms with Gasteiger partial charge in [-0.2, -0.15) is 0 Å². The van der Waals surface area contributed by atoms with Crippen molar-refractivity contribution in [2.24, 2.45) is 0 Å². The van der Waals surface area contributed by atoms with Crippen molar-refractivity contribution in [1.29, 1.82) is 0 Å². The normalized spacial score (nSPS) is 24.6. The molecule has 0 aliphatic carbocycles. The predicted molar refractivity (Wildman–Crippen MR) is 73.4 cm³/mol. The van der Waals surface area contributed by atoms with E-state index in [9.17, 15) is 14.3 Å². The minimum atomic E-state index is -1.27. The van der Waals surface area contributed by atoms with Crippen LogP contribution in [0, 0.1) is 0 Å². The SMILES string of the molecule is CC(C)(O)CO[C@@H]1CCN(C(=O)OC(C)(C)C)C[C@H]1F. The van der Waals surface area contributed by atoms with Crippen LogP contribution in [0.3, 0.4) is 0 Å². The fourth-order valence-corrected chi connectivity index (χ4v) is 1.87. The molecule has 0 radical (unpaired) electrons. The summed E-state index contributed by atoms with van der Waals surface area (Å²) in [6.45, 7) is 8.97. The van der Waals surface area contributed by atoms with Crippen molar-refractivity contribution in [2.75, 3.05) is 19.7 Å². The van der Waals surface area contributed by atoms with Crippen LogP contribution < -0.4 is 0 Å². The van der Waals surface area contributed by atoms with Gasteiger partial charge < -0.3 is 19.5 Å². The zero-order chi connectivity index (χ0) is 15.6. The van der Waals surface area contributed by atoms with Gasteiger partial charge in [0.15, 0.2) is 0 Å². The average Bonchev–Trinajstić information content (AvgIpc) is 2.23. The Morgan fingerprint density at radius 1 is 1.35 bits per heavy atom. The number of ether oxygens (including phenoxy) is 2. The molecule has 118 valence electrons. The molecule has 0 aromatic carbocycles. The van der Waals surface area contributed by atoms with E-state index >= 15 is 0 Å². The fraction of sp³-hybridized carbons (Fsp3) is 0.929. The zero-order valence-electron chi connectivity index (χ0n) is 13.0. The second kappa shape index (κ2) is 6.26. The van der Waals surface area contributed by atoms with Gasteiger partial charge in [0, 0.05) is 6.54 Å². The summed E-state index contributed by atoms with van der Waals surface area (Å²) in [4.78, 5) is 13.2. The number of alkyl halides is 1. The monoisotopic (exact) mass is 291 g/mol. The molecule has 0 aromatic heterocycles. The first-order chi connectivity index (χ1) is 8.98. The maximum atomic E-state index is 14.0. The lowest BCUT2D eigenvalue weighted by Gasteiger charge is -2.36. The van der Waals surface area contributed by atoms with Gasteiger partial charge in [0.1, 0.15) is 11.8 Å². The molecule has 1 aliphatic heterocycles. The number of carbonyl (C=O) groups is 1. The van der Waals surface area contributed by atoms with Gasteiger partial charge in [-0.15, -0.1) is 0 Å². The molecular formula is C14H26FNO4. The summed E-state index contributed by atoms with van der Waals surface area (Å²) in [6, 6.07) is 0. The number of rotatable bonds is 3. The van der Waals surface area contributed by atoms with Crippen LogP contribution >= 0.6 is 0 Å². The highest BCUT2D eigenvalue weighted by Gasteiger charge is 2.34. The number of aliphatic hydroxyl groups is 1. The van der Waals surface area contributed by atoms with Gasteiger partial charge in [0.05, 0.1) is 24.9 Å². The van der Waals surface area contributed by atoms with Crippen LogP contribution in [-0.4, -0.2) is 59.3 Å². The number of hydrogen-bond donors (Lipinski definition) is 1. The van der Waals surface area contributed by atoms with Crippen molar-refractivity contribution in [2.45, 2.75) is 64.5 Å². The van der Waals surface area contributed by atoms with Crippen molar-refractivity contribution in [3.05, 3.63) is 0 Å². The van der Waals surface area contributed by atoms with E-state index in [0.717, 1.165) is 0 Å². The molecule has 20 heavy (non-hydrogen) atoms. The van der Waals surface area contributed by atoms with Gasteiger partial charge in [0.2, 0.25) is 0 Å². The highest BCUT2D eigenvalue weighted by Crippen LogP contribution is 2.21. The molecule has 0 spiro atoms. The Hall–Kier alpha value is -0.880. The first-order valence-corrected chi connectivity index (χ1v) is 6.94. The Kier molecular flexibility index (Phi) is 5.38. The number of piperidine rings is 1. The summed E-state index contributed by atoms with van der Waals surface area (Å²) < 4.78 is 24.6. The van der Waals surface area contributed by atoms with E-state index in [2.05, 4.69) is 0 Å². The van der Waals surface area contributed by atoms with Crippen molar-refractivity contribution in [1.82, 2.24) is 4.90 Å². The van der Waals surface area contributed by atoms with Gasteiger partial charge in [-0.25, -0.2) is 9.18 Å². The van der Waals surface area contributed by atoms with E-state index in [4.69, 9.17) is 9.47 Å². The van der Waals surface area contributed by atoms with E-state index in [-0.39, 0.29) is 13.2 Å². The molecule has 0 bridgehead atoms. The van der Waals surface area contributed by atoms with Crippen molar-refractivity contribution < 1.29 is 23.8 Å². The largest absolute Gasteiger partial charge is 0.444 e. The van der Waals surface area contributed by atoms with Gasteiger partial charge >= 0.3 is 6.09 Å². The molecule has 6 heteroatoms. The summed E-state index contributed by atoms with van der Waals surface area (Å²) >= 11 is 0. The molecule has 1 fully saturated rings. The maximum absolute atomic E-state index is 14.0. The predicted octanol–water partition coefficient (Wildman–Crippen LogP) is 2.12. The van der Waals surface area contributed by atoms with Crippen molar-refractivity contribution >= 4 is 6.09 Å². The van der Waals surface area contributed by atoms with Crippen LogP contribution in [-0.2, 0) is 9.47 Å². The lowest BCUT2D eigenvalue weighted by atomic mass is 10.1. The Morgan fingerprint density at radius 3 is 2.40 bits per heavy atom. The molecule has 1 amide bonds. The van der Waals surface area contributed by atoms with Crippen LogP contribution in [0.1, 0.15) is 41.0 Å². The third-order valence-electron chi connectivity index (χ3n) is 2.78. The Bertz CT molecular complexity index is 335. The Labute approximate surface area is 120 Å². The summed E-state index contributed by atoms with van der Waals surface area (Å²) in [6.07, 6.45) is -1.95. The topological polar surface area (TPSA) is 59.0 Å². The smallest absolute Gasteiger partial charge is 0.410 e. The number of likely N-dealkylation sites (tertiary alicyclic amines) is 1. The van der Waals surface area contributed by atoms with E-state index < -0.39 is 29.6 Å². The molecule has 1 rings (SSSR count). The van der Waals surface area contributed by atoms with Crippen LogP contribution in [0.25, 0.3) is 0 Å². The van der Waals surface area contributed by atoms with E-state index in [1.54, 1.807) is 34.6 Å². The lowest BCUT2D eigenvalue weighted by Crippen LogP contribution is -2.50. The number of nitrogens with zero attached hydrogens (tertiary/aromatic N) is 1. The summed E-state index contributed by atoms with van der Waals surface area (Å²) in [7, 11) is 0. The molecule has 1 N–H and O–H groups in total. The van der Waals surface area contributed by atoms with Crippen LogP contribution in [0.5, 0.6) is 0 Å². The molecule has 0 saturated carbocycles. The fourth-order valence-electron chi connectivity index (χ4n) is 1.87. The van der Waals surface area contributed by atoms with Gasteiger partial charge in [-0.3, -0.25) is 0 Å². The highest BCUT2D eigenvalue weighted by atomic mass is 19.1. The van der Waals surface area contributed by atoms with Crippen LogP contribution in [0.4, 0.5) is 9.18 Å². The second-order valence-electron chi connectivity index (χ2n) is 6.89. The number of hydrogen-bond acceptors (Lipinski definition) is 4. The van der Waals surface area contributed by atoms with Crippen LogP contribution in [0.15, 0.2) is 0 Å². The molecule has 0 unspecified atom stereocenters. The summed E-state index contributed by atoms with van der Waals surface area (Å²) in [5.74, 6) is 0. The first-order valence-electron chi connectivity index (χ1n) is 6.94. The molecular weight excluding hydrogens is 265 g/mol. The number of carbonyl (C=O) groups excluding carboxylic acids is 1. The molecule has 2 atom stereocenters. The van der Waals surface area contributed by atoms with Gasteiger partial charge in [-0.05, 0) is 41.0 Å². The molecule has 1 aliphatic rings. The minimum Gasteiger partial charge on any atom is -0.444 e. The van der Waals surface area contributed by atoms with E-state index in [0.29, 0.717) is 13.0 Å². The standard InChI is InChI=1S/C14H26FNO4/c1-13(2,3)20-12(17)16-7-6-11(10(15)8-16)19-9-14(4,5)18/h10-11,18H,6-9H2,1-5H3/t10-,11-/m1/s1. The number of amides is 1. The third-order valence-corrected chi connectivity index (χ3v) is 2.78. The Balaban J connectivity index is 2.45. The van der Waals surface area contributed by atoms with Crippen LogP contribution in [0.2, 0.25) is 0 Å². The number of halogens is 1. The second-order valence-corrected chi connectivity index (χ2v) is 6.89. The molecule has 5 nitrogen and oxygen atoms in total. The van der Waals surface area contributed by atoms with Crippen molar-refractivity contribution in [3.63, 3.8) is 0 Å². The third kappa shape index (κ3) is 6.05. The molecule has 1 heterocycles. The first kappa shape index (κ1) is 17.2. The zero-order valence-corrected chi connectivity index (χ0v) is 13.0. The quantitative estimate of drug-likeness (QED) is 0.865. The lowest BCUT2D eigenvalue weighted by molar-refractivity contribution is -0.0964. The Morgan fingerprint density at radius 2 is 1.95 bits per heavy atom. The minimum absolute atomic E-state index is 0.0363. The summed E-state index contributed by atoms with van der Waals surface area (Å²) in [5.41, 5.74) is -1.57. The van der Waals surface area contributed by atoms with Crippen molar-refractivity contribution in [3.8, 4) is 0 Å². The highest BCUT2D eigenvalue weighted by molar-refractivity contribution is 5.68. The summed E-state index contributed by atoms with van der Waals surface area (Å²) in [5, 5.41) is 9.57. The van der Waals surface area contributed by atoms with Gasteiger partial charge in [0.25, 0.3) is 0 Å². The average molecular weight is 291 g/mol. The van der Waals surface area contributed by atoms with E-state index in [1.807, 2.05) is 0 Å².